The van der Waals surface area contributed by atoms with Crippen LogP contribution in [0, 0.1) is 5.82 Å². The van der Waals surface area contributed by atoms with Crippen LogP contribution in [0.15, 0.2) is 36.5 Å². The second kappa shape index (κ2) is 9.81. The molecule has 0 fully saturated rings. The van der Waals surface area contributed by atoms with Gasteiger partial charge in [0.2, 0.25) is 0 Å². The summed E-state index contributed by atoms with van der Waals surface area (Å²) in [5, 5.41) is 0. The largest absolute Gasteiger partial charge is 0.491 e. The van der Waals surface area contributed by atoms with E-state index < -0.39 is 0 Å². The van der Waals surface area contributed by atoms with Gasteiger partial charge in [-0.2, -0.15) is 0 Å². The van der Waals surface area contributed by atoms with Crippen LogP contribution in [0.3, 0.4) is 0 Å². The number of aldehydes is 1. The van der Waals surface area contributed by atoms with E-state index in [2.05, 4.69) is 11.9 Å². The van der Waals surface area contributed by atoms with Gasteiger partial charge in [0.25, 0.3) is 0 Å². The lowest BCUT2D eigenvalue weighted by molar-refractivity contribution is 0.112. The van der Waals surface area contributed by atoms with Crippen molar-refractivity contribution in [3.8, 4) is 17.0 Å². The molecule has 2 rings (SSSR count). The molecule has 1 heterocycles. The molecule has 0 unspecified atom stereocenters. The van der Waals surface area contributed by atoms with Crippen molar-refractivity contribution in [3.63, 3.8) is 0 Å². The van der Waals surface area contributed by atoms with E-state index in [1.165, 1.54) is 37.9 Å². The number of nitrogens with zero attached hydrogens (tertiary/aromatic N) is 1. The number of carbonyl (C=O) groups excluding carboxylic acids is 1. The Hall–Kier alpha value is -2.23. The number of benzene rings is 1. The maximum absolute atomic E-state index is 14.1. The first kappa shape index (κ1) is 18.1. The molecule has 0 radical (unpaired) electrons. The van der Waals surface area contributed by atoms with Gasteiger partial charge in [-0.05, 0) is 36.8 Å². The van der Waals surface area contributed by atoms with Crippen LogP contribution in [0.4, 0.5) is 4.39 Å². The van der Waals surface area contributed by atoms with E-state index in [0.29, 0.717) is 23.4 Å². The van der Waals surface area contributed by atoms with Crippen molar-refractivity contribution in [2.75, 3.05) is 6.61 Å². The smallest absolute Gasteiger partial charge is 0.165 e. The second-order valence-electron chi connectivity index (χ2n) is 5.86. The summed E-state index contributed by atoms with van der Waals surface area (Å²) in [7, 11) is 0. The lowest BCUT2D eigenvalue weighted by atomic mass is 10.1. The second-order valence-corrected chi connectivity index (χ2v) is 5.86. The zero-order chi connectivity index (χ0) is 17.2. The summed E-state index contributed by atoms with van der Waals surface area (Å²) < 4.78 is 19.7. The molecule has 0 N–H and O–H groups in total. The molecule has 3 nitrogen and oxygen atoms in total. The van der Waals surface area contributed by atoms with E-state index >= 15 is 0 Å². The SMILES string of the molecule is CCCCCCCCOc1ccc(-c2ccc(C=O)cn2)cc1F. The van der Waals surface area contributed by atoms with Gasteiger partial charge < -0.3 is 4.74 Å². The van der Waals surface area contributed by atoms with Crippen LogP contribution >= 0.6 is 0 Å². The molecule has 4 heteroatoms. The molecular weight excluding hydrogens is 305 g/mol. The molecule has 2 aromatic rings. The van der Waals surface area contributed by atoms with Crippen molar-refractivity contribution in [2.45, 2.75) is 45.4 Å². The monoisotopic (exact) mass is 329 g/mol. The third-order valence-corrected chi connectivity index (χ3v) is 3.91. The van der Waals surface area contributed by atoms with Crippen LogP contribution in [-0.4, -0.2) is 17.9 Å². The summed E-state index contributed by atoms with van der Waals surface area (Å²) in [6.07, 6.45) is 9.25. The average molecular weight is 329 g/mol. The maximum atomic E-state index is 14.1. The van der Waals surface area contributed by atoms with Gasteiger partial charge in [-0.15, -0.1) is 0 Å². The zero-order valence-corrected chi connectivity index (χ0v) is 14.1. The number of hydrogen-bond donors (Lipinski definition) is 0. The predicted molar refractivity (Wildman–Crippen MR) is 93.9 cm³/mol. The molecule has 0 bridgehead atoms. The number of halogens is 1. The van der Waals surface area contributed by atoms with E-state index in [9.17, 15) is 9.18 Å². The first-order chi connectivity index (χ1) is 11.7. The van der Waals surface area contributed by atoms with Crippen LogP contribution in [0.1, 0.15) is 55.8 Å². The van der Waals surface area contributed by atoms with Crippen molar-refractivity contribution in [2.24, 2.45) is 0 Å². The first-order valence-corrected chi connectivity index (χ1v) is 8.58. The van der Waals surface area contributed by atoms with Gasteiger partial charge in [0.05, 0.1) is 12.3 Å². The molecule has 0 aliphatic heterocycles. The van der Waals surface area contributed by atoms with Gasteiger partial charge in [0, 0.05) is 17.3 Å². The highest BCUT2D eigenvalue weighted by Crippen LogP contribution is 2.24. The zero-order valence-electron chi connectivity index (χ0n) is 14.1. The topological polar surface area (TPSA) is 39.2 Å². The van der Waals surface area contributed by atoms with Crippen LogP contribution in [0.2, 0.25) is 0 Å². The Labute approximate surface area is 142 Å². The summed E-state index contributed by atoms with van der Waals surface area (Å²) in [5.74, 6) is -0.114. The third kappa shape index (κ3) is 5.44. The lowest BCUT2D eigenvalue weighted by Gasteiger charge is -2.09. The normalized spacial score (nSPS) is 10.6. The fraction of sp³-hybridized carbons (Fsp3) is 0.400. The van der Waals surface area contributed by atoms with Gasteiger partial charge in [0.15, 0.2) is 17.9 Å². The van der Waals surface area contributed by atoms with Crippen molar-refractivity contribution in [1.29, 1.82) is 0 Å². The van der Waals surface area contributed by atoms with Gasteiger partial charge in [-0.3, -0.25) is 9.78 Å². The Kier molecular flexibility index (Phi) is 7.40. The molecule has 0 saturated heterocycles. The summed E-state index contributed by atoms with van der Waals surface area (Å²) in [5.41, 5.74) is 1.79. The van der Waals surface area contributed by atoms with E-state index in [4.69, 9.17) is 4.74 Å². The van der Waals surface area contributed by atoms with E-state index in [0.717, 1.165) is 19.1 Å². The molecule has 1 aromatic carbocycles. The summed E-state index contributed by atoms with van der Waals surface area (Å²) in [6, 6.07) is 8.20. The molecule has 24 heavy (non-hydrogen) atoms. The van der Waals surface area contributed by atoms with Crippen LogP contribution < -0.4 is 4.74 Å². The molecule has 0 spiro atoms. The lowest BCUT2D eigenvalue weighted by Crippen LogP contribution is -1.99. The first-order valence-electron chi connectivity index (χ1n) is 8.58. The Bertz CT molecular complexity index is 641. The number of pyridine rings is 1. The van der Waals surface area contributed by atoms with Crippen molar-refractivity contribution in [3.05, 3.63) is 47.9 Å². The highest BCUT2D eigenvalue weighted by molar-refractivity contribution is 5.75. The number of ether oxygens (including phenoxy) is 1. The number of rotatable bonds is 10. The molecular formula is C20H24FNO2. The van der Waals surface area contributed by atoms with E-state index in [-0.39, 0.29) is 11.6 Å². The Morgan fingerprint density at radius 2 is 1.88 bits per heavy atom. The number of unbranched alkanes of at least 4 members (excludes halogenated alkanes) is 5. The van der Waals surface area contributed by atoms with Gasteiger partial charge in [-0.25, -0.2) is 4.39 Å². The minimum atomic E-state index is -0.389. The molecule has 0 aliphatic carbocycles. The van der Waals surface area contributed by atoms with Gasteiger partial charge in [-0.1, -0.05) is 39.0 Å². The fourth-order valence-electron chi connectivity index (χ4n) is 2.49. The quantitative estimate of drug-likeness (QED) is 0.430. The number of carbonyl (C=O) groups is 1. The summed E-state index contributed by atoms with van der Waals surface area (Å²) in [6.45, 7) is 2.73. The average Bonchev–Trinajstić information content (AvgIpc) is 2.62. The molecule has 1 aromatic heterocycles. The molecule has 0 atom stereocenters. The predicted octanol–water partition coefficient (Wildman–Crippen LogP) is 5.44. The Morgan fingerprint density at radius 3 is 2.54 bits per heavy atom. The Balaban J connectivity index is 1.86. The maximum Gasteiger partial charge on any atom is 0.165 e. The van der Waals surface area contributed by atoms with Crippen LogP contribution in [0.25, 0.3) is 11.3 Å². The minimum absolute atomic E-state index is 0.275. The molecule has 0 saturated carbocycles. The number of hydrogen-bond acceptors (Lipinski definition) is 3. The van der Waals surface area contributed by atoms with Crippen LogP contribution in [-0.2, 0) is 0 Å². The highest BCUT2D eigenvalue weighted by atomic mass is 19.1. The summed E-state index contributed by atoms with van der Waals surface area (Å²) >= 11 is 0. The van der Waals surface area contributed by atoms with Gasteiger partial charge >= 0.3 is 0 Å². The van der Waals surface area contributed by atoms with E-state index in [1.54, 1.807) is 24.3 Å². The molecule has 0 amide bonds. The molecule has 0 aliphatic rings. The highest BCUT2D eigenvalue weighted by Gasteiger charge is 2.07. The minimum Gasteiger partial charge on any atom is -0.491 e. The van der Waals surface area contributed by atoms with Crippen molar-refractivity contribution in [1.82, 2.24) is 4.98 Å². The van der Waals surface area contributed by atoms with Gasteiger partial charge in [0.1, 0.15) is 0 Å². The van der Waals surface area contributed by atoms with Crippen molar-refractivity contribution >= 4 is 6.29 Å². The standard InChI is InChI=1S/C20H24FNO2/c1-2-3-4-5-6-7-12-24-20-11-9-17(13-18(20)21)19-10-8-16(15-23)14-22-19/h8-11,13-15H,2-7,12H2,1H3. The van der Waals surface area contributed by atoms with E-state index in [1.807, 2.05) is 0 Å². The third-order valence-electron chi connectivity index (χ3n) is 3.91. The number of aromatic nitrogens is 1. The fourth-order valence-corrected chi connectivity index (χ4v) is 2.49. The van der Waals surface area contributed by atoms with Crippen LogP contribution in [0.5, 0.6) is 5.75 Å². The Morgan fingerprint density at radius 1 is 1.08 bits per heavy atom. The summed E-state index contributed by atoms with van der Waals surface area (Å²) in [4.78, 5) is 14.8. The van der Waals surface area contributed by atoms with Crippen molar-refractivity contribution < 1.29 is 13.9 Å². The molecule has 128 valence electrons.